The van der Waals surface area contributed by atoms with Crippen molar-refractivity contribution < 1.29 is 9.53 Å². The molecule has 0 saturated carbocycles. The zero-order valence-corrected chi connectivity index (χ0v) is 14.9. The summed E-state index contributed by atoms with van der Waals surface area (Å²) in [5.41, 5.74) is 5.93. The molecule has 0 unspecified atom stereocenters. The fourth-order valence-corrected chi connectivity index (χ4v) is 2.13. The van der Waals surface area contributed by atoms with Gasteiger partial charge in [0.2, 0.25) is 0 Å². The number of benzene rings is 1. The first kappa shape index (κ1) is 18.8. The SMILES string of the molecule is CN(C)CCCOc1ccc(Cl)cc1NC(=O)Nc1cnc(N)cn1. The summed E-state index contributed by atoms with van der Waals surface area (Å²) >= 11 is 6.01. The van der Waals surface area contributed by atoms with Gasteiger partial charge in [0.1, 0.15) is 11.6 Å². The molecule has 0 atom stereocenters. The molecule has 9 heteroatoms. The summed E-state index contributed by atoms with van der Waals surface area (Å²) in [6, 6.07) is 4.56. The van der Waals surface area contributed by atoms with Crippen molar-refractivity contribution in [1.29, 1.82) is 0 Å². The van der Waals surface area contributed by atoms with Gasteiger partial charge in [0, 0.05) is 11.6 Å². The van der Waals surface area contributed by atoms with Crippen LogP contribution in [0, 0.1) is 0 Å². The van der Waals surface area contributed by atoms with Gasteiger partial charge in [-0.15, -0.1) is 0 Å². The van der Waals surface area contributed by atoms with E-state index in [1.807, 2.05) is 14.1 Å². The Bertz CT molecular complexity index is 708. The van der Waals surface area contributed by atoms with Crippen molar-refractivity contribution in [2.45, 2.75) is 6.42 Å². The third-order valence-electron chi connectivity index (χ3n) is 3.11. The number of nitrogens with zero attached hydrogens (tertiary/aromatic N) is 3. The van der Waals surface area contributed by atoms with Gasteiger partial charge in [0.15, 0.2) is 5.82 Å². The van der Waals surface area contributed by atoms with Gasteiger partial charge in [-0.25, -0.2) is 14.8 Å². The highest BCUT2D eigenvalue weighted by Gasteiger charge is 2.10. The van der Waals surface area contributed by atoms with Gasteiger partial charge in [-0.1, -0.05) is 11.6 Å². The van der Waals surface area contributed by atoms with Gasteiger partial charge in [-0.2, -0.15) is 0 Å². The van der Waals surface area contributed by atoms with Crippen LogP contribution in [0.5, 0.6) is 5.75 Å². The number of amides is 2. The van der Waals surface area contributed by atoms with Crippen molar-refractivity contribution in [3.05, 3.63) is 35.6 Å². The Kier molecular flexibility index (Phi) is 6.79. The van der Waals surface area contributed by atoms with E-state index >= 15 is 0 Å². The number of nitrogen functional groups attached to an aromatic ring is 1. The molecule has 4 N–H and O–H groups in total. The first-order valence-electron chi connectivity index (χ1n) is 7.66. The van der Waals surface area contributed by atoms with Crippen LogP contribution in [0.2, 0.25) is 5.02 Å². The summed E-state index contributed by atoms with van der Waals surface area (Å²) in [5, 5.41) is 5.75. The van der Waals surface area contributed by atoms with E-state index in [0.29, 0.717) is 23.1 Å². The van der Waals surface area contributed by atoms with Crippen molar-refractivity contribution in [2.24, 2.45) is 0 Å². The van der Waals surface area contributed by atoms with Gasteiger partial charge < -0.3 is 20.7 Å². The molecule has 1 heterocycles. The average Bonchev–Trinajstić information content (AvgIpc) is 2.55. The van der Waals surface area contributed by atoms with Gasteiger partial charge in [0.05, 0.1) is 24.7 Å². The molecule has 2 rings (SSSR count). The van der Waals surface area contributed by atoms with E-state index < -0.39 is 6.03 Å². The number of aromatic nitrogens is 2. The van der Waals surface area contributed by atoms with Crippen molar-refractivity contribution in [3.63, 3.8) is 0 Å². The molecule has 2 amide bonds. The van der Waals surface area contributed by atoms with Gasteiger partial charge >= 0.3 is 6.03 Å². The smallest absolute Gasteiger partial charge is 0.325 e. The fraction of sp³-hybridized carbons (Fsp3) is 0.312. The largest absolute Gasteiger partial charge is 0.491 e. The third-order valence-corrected chi connectivity index (χ3v) is 3.35. The van der Waals surface area contributed by atoms with Crippen LogP contribution in [-0.2, 0) is 0 Å². The number of carbonyl (C=O) groups is 1. The summed E-state index contributed by atoms with van der Waals surface area (Å²) in [6.45, 7) is 1.44. The second kappa shape index (κ2) is 9.05. The maximum absolute atomic E-state index is 12.1. The minimum Gasteiger partial charge on any atom is -0.491 e. The number of ether oxygens (including phenoxy) is 1. The molecule has 0 fully saturated rings. The number of carbonyl (C=O) groups excluding carboxylic acids is 1. The molecule has 25 heavy (non-hydrogen) atoms. The number of halogens is 1. The third kappa shape index (κ3) is 6.44. The van der Waals surface area contributed by atoms with Crippen LogP contribution in [0.3, 0.4) is 0 Å². The van der Waals surface area contributed by atoms with Crippen molar-refractivity contribution in [3.8, 4) is 5.75 Å². The topological polar surface area (TPSA) is 105 Å². The molecule has 0 spiro atoms. The van der Waals surface area contributed by atoms with E-state index in [4.69, 9.17) is 22.1 Å². The summed E-state index contributed by atoms with van der Waals surface area (Å²) < 4.78 is 5.74. The van der Waals surface area contributed by atoms with Crippen LogP contribution < -0.4 is 21.1 Å². The molecule has 0 aliphatic rings. The van der Waals surface area contributed by atoms with E-state index in [0.717, 1.165) is 13.0 Å². The lowest BCUT2D eigenvalue weighted by Gasteiger charge is -2.14. The summed E-state index contributed by atoms with van der Waals surface area (Å²) in [7, 11) is 4.00. The van der Waals surface area contributed by atoms with Gasteiger partial charge in [0.25, 0.3) is 0 Å². The molecule has 0 bridgehead atoms. The summed E-state index contributed by atoms with van der Waals surface area (Å²) in [6.07, 6.45) is 3.59. The van der Waals surface area contributed by atoms with E-state index in [1.165, 1.54) is 12.4 Å². The first-order valence-corrected chi connectivity index (χ1v) is 8.04. The number of anilines is 3. The lowest BCUT2D eigenvalue weighted by atomic mass is 10.3. The highest BCUT2D eigenvalue weighted by atomic mass is 35.5. The normalized spacial score (nSPS) is 10.6. The van der Waals surface area contributed by atoms with Crippen LogP contribution in [0.25, 0.3) is 0 Å². The first-order chi connectivity index (χ1) is 11.9. The highest BCUT2D eigenvalue weighted by molar-refractivity contribution is 6.31. The zero-order chi connectivity index (χ0) is 18.2. The number of nitrogens with two attached hydrogens (primary N) is 1. The van der Waals surface area contributed by atoms with E-state index in [1.54, 1.807) is 18.2 Å². The molecule has 0 aliphatic carbocycles. The monoisotopic (exact) mass is 364 g/mol. The lowest BCUT2D eigenvalue weighted by Crippen LogP contribution is -2.21. The predicted molar refractivity (Wildman–Crippen MR) is 99.2 cm³/mol. The van der Waals surface area contributed by atoms with E-state index in [9.17, 15) is 4.79 Å². The van der Waals surface area contributed by atoms with Gasteiger partial charge in [-0.3, -0.25) is 5.32 Å². The Labute approximate surface area is 151 Å². The molecule has 1 aromatic carbocycles. The Morgan fingerprint density at radius 1 is 1.28 bits per heavy atom. The molecule has 8 nitrogen and oxygen atoms in total. The van der Waals surface area contributed by atoms with Crippen LogP contribution in [0.4, 0.5) is 22.1 Å². The van der Waals surface area contributed by atoms with Crippen molar-refractivity contribution >= 4 is 35.0 Å². The van der Waals surface area contributed by atoms with E-state index in [2.05, 4.69) is 25.5 Å². The van der Waals surface area contributed by atoms with Crippen LogP contribution in [-0.4, -0.2) is 48.1 Å². The molecule has 134 valence electrons. The van der Waals surface area contributed by atoms with Gasteiger partial charge in [-0.05, 0) is 38.7 Å². The number of hydrogen-bond acceptors (Lipinski definition) is 6. The molecule has 0 saturated heterocycles. The Morgan fingerprint density at radius 2 is 2.08 bits per heavy atom. The minimum atomic E-state index is -0.487. The number of nitrogens with one attached hydrogen (secondary N) is 2. The molecular weight excluding hydrogens is 344 g/mol. The minimum absolute atomic E-state index is 0.272. The Hall–Kier alpha value is -2.58. The average molecular weight is 365 g/mol. The molecular formula is C16H21ClN6O2. The zero-order valence-electron chi connectivity index (χ0n) is 14.1. The molecule has 1 aromatic heterocycles. The molecule has 0 radical (unpaired) electrons. The quantitative estimate of drug-likeness (QED) is 0.652. The standard InChI is InChI=1S/C16H21ClN6O2/c1-23(2)6-3-7-25-13-5-4-11(17)8-12(13)21-16(24)22-15-10-19-14(18)9-20-15/h4-5,8-10H,3,6-7H2,1-2H3,(H2,18,19)(H2,20,21,22,24). The maximum Gasteiger partial charge on any atom is 0.325 e. The Balaban J connectivity index is 1.98. The highest BCUT2D eigenvalue weighted by Crippen LogP contribution is 2.28. The number of urea groups is 1. The van der Waals surface area contributed by atoms with Crippen molar-refractivity contribution in [1.82, 2.24) is 14.9 Å². The van der Waals surface area contributed by atoms with Crippen LogP contribution >= 0.6 is 11.6 Å². The number of rotatable bonds is 7. The Morgan fingerprint density at radius 3 is 2.76 bits per heavy atom. The second-order valence-corrected chi connectivity index (χ2v) is 5.99. The molecule has 2 aromatic rings. The van der Waals surface area contributed by atoms with Crippen LogP contribution in [0.15, 0.2) is 30.6 Å². The van der Waals surface area contributed by atoms with Crippen molar-refractivity contribution in [2.75, 3.05) is 43.6 Å². The fourth-order valence-electron chi connectivity index (χ4n) is 1.96. The van der Waals surface area contributed by atoms with E-state index in [-0.39, 0.29) is 11.6 Å². The summed E-state index contributed by atoms with van der Waals surface area (Å²) in [4.78, 5) is 22.0. The van der Waals surface area contributed by atoms with Crippen LogP contribution in [0.1, 0.15) is 6.42 Å². The lowest BCUT2D eigenvalue weighted by molar-refractivity contribution is 0.261. The summed E-state index contributed by atoms with van der Waals surface area (Å²) in [5.74, 6) is 1.10. The predicted octanol–water partition coefficient (Wildman–Crippen LogP) is 2.69. The maximum atomic E-state index is 12.1. The second-order valence-electron chi connectivity index (χ2n) is 5.55. The molecule has 0 aliphatic heterocycles. The number of hydrogen-bond donors (Lipinski definition) is 3.